The molecule has 0 radical (unpaired) electrons. The molecule has 3 rings (SSSR count). The molecule has 5 heteroatoms. The molecule has 1 atom stereocenters. The fourth-order valence-electron chi connectivity index (χ4n) is 2.82. The lowest BCUT2D eigenvalue weighted by molar-refractivity contribution is -0.116. The number of rotatable bonds is 4. The van der Waals surface area contributed by atoms with E-state index in [4.69, 9.17) is 4.52 Å². The lowest BCUT2D eigenvalue weighted by atomic mass is 10.1. The van der Waals surface area contributed by atoms with E-state index in [9.17, 15) is 4.79 Å². The minimum atomic E-state index is -0.0418. The Morgan fingerprint density at radius 2 is 2.29 bits per heavy atom. The third-order valence-corrected chi connectivity index (χ3v) is 3.82. The summed E-state index contributed by atoms with van der Waals surface area (Å²) < 4.78 is 4.93. The monoisotopic (exact) mass is 285 g/mol. The highest BCUT2D eigenvalue weighted by atomic mass is 16.5. The second-order valence-electron chi connectivity index (χ2n) is 5.50. The van der Waals surface area contributed by atoms with Crippen molar-refractivity contribution in [1.82, 2.24) is 5.16 Å². The largest absolute Gasteiger partial charge is 0.368 e. The molecule has 0 bridgehead atoms. The second kappa shape index (κ2) is 5.60. The van der Waals surface area contributed by atoms with E-state index < -0.39 is 0 Å². The summed E-state index contributed by atoms with van der Waals surface area (Å²) in [4.78, 5) is 14.3. The first-order chi connectivity index (χ1) is 10.1. The van der Waals surface area contributed by atoms with Crippen LogP contribution in [0.25, 0.3) is 0 Å². The number of nitrogens with one attached hydrogen (secondary N) is 1. The summed E-state index contributed by atoms with van der Waals surface area (Å²) in [6.45, 7) is 4.70. The third kappa shape index (κ3) is 2.91. The summed E-state index contributed by atoms with van der Waals surface area (Å²) in [6.07, 6.45) is 1.48. The van der Waals surface area contributed by atoms with Crippen molar-refractivity contribution in [3.8, 4) is 0 Å². The highest BCUT2D eigenvalue weighted by Gasteiger charge is 2.25. The number of hydrogen-bond donors (Lipinski definition) is 1. The predicted octanol–water partition coefficient (Wildman–Crippen LogP) is 2.76. The highest BCUT2D eigenvalue weighted by Crippen LogP contribution is 2.31. The molecule has 1 aliphatic rings. The first-order valence-corrected chi connectivity index (χ1v) is 7.21. The van der Waals surface area contributed by atoms with Crippen LogP contribution in [-0.2, 0) is 11.2 Å². The number of hydrogen-bond acceptors (Lipinski definition) is 4. The van der Waals surface area contributed by atoms with Crippen LogP contribution in [0.1, 0.15) is 24.7 Å². The van der Waals surface area contributed by atoms with E-state index in [0.29, 0.717) is 30.6 Å². The van der Waals surface area contributed by atoms with Gasteiger partial charge in [0, 0.05) is 30.8 Å². The van der Waals surface area contributed by atoms with E-state index in [-0.39, 0.29) is 5.91 Å². The van der Waals surface area contributed by atoms with Gasteiger partial charge in [0.15, 0.2) is 5.82 Å². The van der Waals surface area contributed by atoms with Gasteiger partial charge in [-0.1, -0.05) is 23.4 Å². The smallest absolute Gasteiger partial charge is 0.227 e. The van der Waals surface area contributed by atoms with Crippen molar-refractivity contribution >= 4 is 17.4 Å². The van der Waals surface area contributed by atoms with Crippen LogP contribution in [0.15, 0.2) is 34.9 Å². The molecule has 1 N–H and O–H groups in total. The number of carbonyl (C=O) groups excluding carboxylic acids is 1. The normalized spacial score (nSPS) is 16.9. The maximum absolute atomic E-state index is 12.0. The van der Waals surface area contributed by atoms with Gasteiger partial charge < -0.3 is 14.7 Å². The van der Waals surface area contributed by atoms with Crippen LogP contribution in [0, 0.1) is 6.92 Å². The first-order valence-electron chi connectivity index (χ1n) is 7.21. The molecule has 0 aliphatic carbocycles. The molecule has 0 fully saturated rings. The molecule has 1 amide bonds. The Labute approximate surface area is 123 Å². The summed E-state index contributed by atoms with van der Waals surface area (Å²) in [5, 5.41) is 6.52. The zero-order valence-electron chi connectivity index (χ0n) is 12.3. The van der Waals surface area contributed by atoms with Gasteiger partial charge in [0.1, 0.15) is 5.76 Å². The van der Waals surface area contributed by atoms with Gasteiger partial charge >= 0.3 is 0 Å². The van der Waals surface area contributed by atoms with Gasteiger partial charge in [0.25, 0.3) is 0 Å². The molecule has 5 nitrogen and oxygen atoms in total. The van der Waals surface area contributed by atoms with E-state index >= 15 is 0 Å². The van der Waals surface area contributed by atoms with Crippen LogP contribution in [-0.4, -0.2) is 23.7 Å². The first kappa shape index (κ1) is 13.7. The Kier molecular flexibility index (Phi) is 3.64. The summed E-state index contributed by atoms with van der Waals surface area (Å²) in [5.74, 6) is 1.12. The summed E-state index contributed by atoms with van der Waals surface area (Å²) >= 11 is 0. The van der Waals surface area contributed by atoms with Crippen LogP contribution >= 0.6 is 0 Å². The van der Waals surface area contributed by atoms with E-state index in [1.165, 1.54) is 11.3 Å². The molecule has 0 unspecified atom stereocenters. The zero-order valence-corrected chi connectivity index (χ0v) is 12.3. The summed E-state index contributed by atoms with van der Waals surface area (Å²) in [5.41, 5.74) is 2.60. The number of benzene rings is 1. The standard InChI is InChI=1S/C16H19N3O2/c1-11-9-13-5-3-4-6-14(13)19(11)8-7-16(20)17-15-10-12(2)21-18-15/h3-6,10-11H,7-9H2,1-2H3,(H,17,18,20)/t11-/m0/s1. The fraction of sp³-hybridized carbons (Fsp3) is 0.375. The third-order valence-electron chi connectivity index (χ3n) is 3.82. The Balaban J connectivity index is 1.59. The second-order valence-corrected chi connectivity index (χ2v) is 5.50. The number of anilines is 2. The van der Waals surface area contributed by atoms with E-state index in [2.05, 4.69) is 40.5 Å². The Morgan fingerprint density at radius 1 is 1.48 bits per heavy atom. The van der Waals surface area contributed by atoms with Crippen molar-refractivity contribution in [2.24, 2.45) is 0 Å². The Morgan fingerprint density at radius 3 is 3.05 bits per heavy atom. The predicted molar refractivity (Wildman–Crippen MR) is 81.4 cm³/mol. The number of amides is 1. The van der Waals surface area contributed by atoms with Gasteiger partial charge in [-0.05, 0) is 31.9 Å². The number of para-hydroxylation sites is 1. The average molecular weight is 285 g/mol. The average Bonchev–Trinajstić information content (AvgIpc) is 2.99. The lowest BCUT2D eigenvalue weighted by Crippen LogP contribution is -2.32. The molecule has 1 aromatic heterocycles. The van der Waals surface area contributed by atoms with Crippen molar-refractivity contribution in [3.63, 3.8) is 0 Å². The number of nitrogens with zero attached hydrogens (tertiary/aromatic N) is 2. The van der Waals surface area contributed by atoms with Crippen LogP contribution in [0.2, 0.25) is 0 Å². The maximum Gasteiger partial charge on any atom is 0.227 e. The van der Waals surface area contributed by atoms with Crippen molar-refractivity contribution in [3.05, 3.63) is 41.7 Å². The molecule has 110 valence electrons. The molecule has 0 spiro atoms. The molecule has 0 saturated heterocycles. The quantitative estimate of drug-likeness (QED) is 0.938. The van der Waals surface area contributed by atoms with Crippen molar-refractivity contribution in [1.29, 1.82) is 0 Å². The summed E-state index contributed by atoms with van der Waals surface area (Å²) in [6, 6.07) is 10.5. The van der Waals surface area contributed by atoms with Crippen molar-refractivity contribution < 1.29 is 9.32 Å². The molecular weight excluding hydrogens is 266 g/mol. The van der Waals surface area contributed by atoms with Crippen molar-refractivity contribution in [2.45, 2.75) is 32.7 Å². The minimum absolute atomic E-state index is 0.0418. The van der Waals surface area contributed by atoms with Crippen LogP contribution < -0.4 is 10.2 Å². The van der Waals surface area contributed by atoms with Crippen LogP contribution in [0.4, 0.5) is 11.5 Å². The van der Waals surface area contributed by atoms with Gasteiger partial charge in [-0.3, -0.25) is 4.79 Å². The van der Waals surface area contributed by atoms with Crippen molar-refractivity contribution in [2.75, 3.05) is 16.8 Å². The SMILES string of the molecule is Cc1cc(NC(=O)CCN2c3ccccc3C[C@@H]2C)no1. The molecule has 0 saturated carbocycles. The van der Waals surface area contributed by atoms with E-state index in [1.54, 1.807) is 13.0 Å². The molecule has 2 aromatic rings. The van der Waals surface area contributed by atoms with Crippen LogP contribution in [0.3, 0.4) is 0 Å². The molecule has 1 aliphatic heterocycles. The zero-order chi connectivity index (χ0) is 14.8. The summed E-state index contributed by atoms with van der Waals surface area (Å²) in [7, 11) is 0. The number of aryl methyl sites for hydroxylation is 1. The Hall–Kier alpha value is -2.30. The number of carbonyl (C=O) groups is 1. The van der Waals surface area contributed by atoms with Gasteiger partial charge in [-0.25, -0.2) is 0 Å². The lowest BCUT2D eigenvalue weighted by Gasteiger charge is -2.24. The van der Waals surface area contributed by atoms with Gasteiger partial charge in [0.2, 0.25) is 5.91 Å². The number of fused-ring (bicyclic) bond motifs is 1. The molecule has 1 aromatic carbocycles. The molecular formula is C16H19N3O2. The molecule has 2 heterocycles. The molecule has 21 heavy (non-hydrogen) atoms. The van der Waals surface area contributed by atoms with Crippen LogP contribution in [0.5, 0.6) is 0 Å². The minimum Gasteiger partial charge on any atom is -0.368 e. The van der Waals surface area contributed by atoms with E-state index in [0.717, 1.165) is 6.42 Å². The number of aromatic nitrogens is 1. The fourth-order valence-corrected chi connectivity index (χ4v) is 2.82. The topological polar surface area (TPSA) is 58.4 Å². The van der Waals surface area contributed by atoms with E-state index in [1.807, 2.05) is 6.07 Å². The van der Waals surface area contributed by atoms with Gasteiger partial charge in [-0.2, -0.15) is 0 Å². The Bertz CT molecular complexity index is 650. The van der Waals surface area contributed by atoms with Gasteiger partial charge in [-0.15, -0.1) is 0 Å². The highest BCUT2D eigenvalue weighted by molar-refractivity contribution is 5.90. The van der Waals surface area contributed by atoms with Gasteiger partial charge in [0.05, 0.1) is 0 Å². The maximum atomic E-state index is 12.0.